The third-order valence-electron chi connectivity index (χ3n) is 5.44. The van der Waals surface area contributed by atoms with Crippen LogP contribution in [0.3, 0.4) is 0 Å². The predicted molar refractivity (Wildman–Crippen MR) is 103 cm³/mol. The van der Waals surface area contributed by atoms with Crippen LogP contribution in [0.4, 0.5) is 13.2 Å². The number of hydrogen-bond acceptors (Lipinski definition) is 6. The first kappa shape index (κ1) is 20.8. The first-order chi connectivity index (χ1) is 13.9. The van der Waals surface area contributed by atoms with Crippen LogP contribution in [-0.4, -0.2) is 42.2 Å². The molecule has 2 heterocycles. The van der Waals surface area contributed by atoms with Crippen molar-refractivity contribution in [2.45, 2.75) is 49.0 Å². The van der Waals surface area contributed by atoms with E-state index in [0.717, 1.165) is 5.56 Å². The number of sulfonamides is 1. The van der Waals surface area contributed by atoms with Crippen LogP contribution in [0.15, 0.2) is 40.2 Å². The maximum absolute atomic E-state index is 12.7. The zero-order chi connectivity index (χ0) is 21.9. The van der Waals surface area contributed by atoms with Crippen molar-refractivity contribution in [2.75, 3.05) is 0 Å². The predicted octanol–water partition coefficient (Wildman–Crippen LogP) is 2.01. The molecular formula is C19H19F3N4O3S. The number of rotatable bonds is 4. The molecule has 4 rings (SSSR count). The molecule has 2 aliphatic rings. The Kier molecular flexibility index (Phi) is 4.68. The highest BCUT2D eigenvalue weighted by molar-refractivity contribution is 7.89. The van der Waals surface area contributed by atoms with Gasteiger partial charge in [-0.1, -0.05) is 12.1 Å². The summed E-state index contributed by atoms with van der Waals surface area (Å²) < 4.78 is 65.6. The first-order valence-electron chi connectivity index (χ1n) is 9.12. The van der Waals surface area contributed by atoms with E-state index in [4.69, 9.17) is 5.73 Å². The number of nitrogens with two attached hydrogens (primary N) is 1. The Morgan fingerprint density at radius 3 is 2.57 bits per heavy atom. The summed E-state index contributed by atoms with van der Waals surface area (Å²) in [6.07, 6.45) is -6.21. The van der Waals surface area contributed by atoms with E-state index < -0.39 is 40.7 Å². The molecule has 0 atom stereocenters. The molecule has 1 aliphatic heterocycles. The van der Waals surface area contributed by atoms with Gasteiger partial charge in [-0.3, -0.25) is 4.99 Å². The number of halogens is 3. The maximum atomic E-state index is 12.7. The van der Waals surface area contributed by atoms with E-state index in [-0.39, 0.29) is 4.90 Å². The minimum absolute atomic E-state index is 0.0755. The number of nitrogens with one attached hydrogen (secondary N) is 1. The van der Waals surface area contributed by atoms with E-state index in [0.29, 0.717) is 34.9 Å². The number of aliphatic hydroxyl groups is 1. The summed E-state index contributed by atoms with van der Waals surface area (Å²) in [6, 6.07) is 7.07. The van der Waals surface area contributed by atoms with E-state index in [1.54, 1.807) is 19.1 Å². The van der Waals surface area contributed by atoms with Gasteiger partial charge in [0.1, 0.15) is 11.5 Å². The minimum Gasteiger partial charge on any atom is -0.382 e. The molecule has 11 heteroatoms. The number of pyridine rings is 1. The van der Waals surface area contributed by atoms with Gasteiger partial charge in [0.25, 0.3) is 0 Å². The van der Waals surface area contributed by atoms with Gasteiger partial charge in [-0.15, -0.1) is 0 Å². The van der Waals surface area contributed by atoms with Gasteiger partial charge in [-0.05, 0) is 30.7 Å². The van der Waals surface area contributed by atoms with Gasteiger partial charge in [0, 0.05) is 30.0 Å². The lowest BCUT2D eigenvalue weighted by atomic mass is 9.76. The van der Waals surface area contributed by atoms with Crippen LogP contribution >= 0.6 is 0 Å². The second kappa shape index (κ2) is 6.76. The molecule has 1 aromatic carbocycles. The number of alkyl halides is 3. The maximum Gasteiger partial charge on any atom is 0.417 e. The molecule has 0 bridgehead atoms. The van der Waals surface area contributed by atoms with Gasteiger partial charge in [-0.2, -0.15) is 13.2 Å². The zero-order valence-corrected chi connectivity index (χ0v) is 16.7. The number of fused-ring (bicyclic) bond motifs is 1. The van der Waals surface area contributed by atoms with Gasteiger partial charge < -0.3 is 10.8 Å². The Bertz CT molecular complexity index is 1160. The molecule has 1 aromatic heterocycles. The van der Waals surface area contributed by atoms with Crippen molar-refractivity contribution in [2.24, 2.45) is 10.7 Å². The summed E-state index contributed by atoms with van der Waals surface area (Å²) in [5.41, 5.74) is 6.44. The number of aliphatic imine (C=N–C) groups is 1. The molecule has 0 amide bonds. The summed E-state index contributed by atoms with van der Waals surface area (Å²) in [5, 5.41) is 9.49. The highest BCUT2D eigenvalue weighted by Crippen LogP contribution is 2.45. The number of hydrogen-bond donors (Lipinski definition) is 3. The second-order valence-electron chi connectivity index (χ2n) is 7.64. The van der Waals surface area contributed by atoms with Crippen LogP contribution in [0.5, 0.6) is 0 Å². The minimum atomic E-state index is -4.79. The van der Waals surface area contributed by atoms with E-state index in [1.807, 2.05) is 6.07 Å². The lowest BCUT2D eigenvalue weighted by Crippen LogP contribution is -2.62. The van der Waals surface area contributed by atoms with Gasteiger partial charge in [0.2, 0.25) is 10.0 Å². The van der Waals surface area contributed by atoms with Gasteiger partial charge in [0.15, 0.2) is 5.60 Å². The quantitative estimate of drug-likeness (QED) is 0.672. The zero-order valence-electron chi connectivity index (χ0n) is 15.9. The number of aryl methyl sites for hydroxylation is 1. The third-order valence-corrected chi connectivity index (χ3v) is 6.96. The van der Waals surface area contributed by atoms with Crippen LogP contribution in [0.25, 0.3) is 11.3 Å². The van der Waals surface area contributed by atoms with Crippen molar-refractivity contribution in [1.29, 1.82) is 0 Å². The van der Waals surface area contributed by atoms with Crippen LogP contribution in [0, 0.1) is 6.92 Å². The molecular weight excluding hydrogens is 421 g/mol. The molecule has 2 aromatic rings. The highest BCUT2D eigenvalue weighted by atomic mass is 32.2. The smallest absolute Gasteiger partial charge is 0.382 e. The molecule has 1 aliphatic carbocycles. The summed E-state index contributed by atoms with van der Waals surface area (Å²) >= 11 is 0. The number of nitrogens with zero attached hydrogens (tertiary/aromatic N) is 2. The summed E-state index contributed by atoms with van der Waals surface area (Å²) in [6.45, 7) is 2.19. The van der Waals surface area contributed by atoms with Crippen LogP contribution < -0.4 is 10.5 Å². The fraction of sp³-hybridized carbons (Fsp3) is 0.368. The fourth-order valence-corrected chi connectivity index (χ4v) is 5.00. The van der Waals surface area contributed by atoms with Gasteiger partial charge in [0.05, 0.1) is 17.1 Å². The van der Waals surface area contributed by atoms with Crippen molar-refractivity contribution in [1.82, 2.24) is 9.71 Å². The Labute approximate surface area is 170 Å². The molecule has 160 valence electrons. The van der Waals surface area contributed by atoms with Crippen LogP contribution in [0.1, 0.15) is 29.7 Å². The molecule has 1 fully saturated rings. The van der Waals surface area contributed by atoms with Crippen molar-refractivity contribution in [3.8, 4) is 11.3 Å². The molecule has 0 unspecified atom stereocenters. The van der Waals surface area contributed by atoms with Gasteiger partial charge >= 0.3 is 6.18 Å². The molecule has 4 N–H and O–H groups in total. The summed E-state index contributed by atoms with van der Waals surface area (Å²) in [7, 11) is -4.04. The standard InChI is InChI=1S/C19H19F3N4O3S/c1-10-6-13(30(28,29)26-12-7-18(27,8-12)19(20,21)22)3-4-14(10)15-5-2-11-9-24-17(23)16(11)25-15/h2-6,12,26-27H,7-9H2,1H3,(H2,23,24). The van der Waals surface area contributed by atoms with Crippen LogP contribution in [0.2, 0.25) is 0 Å². The Morgan fingerprint density at radius 1 is 1.23 bits per heavy atom. The first-order valence-corrected chi connectivity index (χ1v) is 10.6. The third kappa shape index (κ3) is 3.46. The molecule has 1 saturated carbocycles. The van der Waals surface area contributed by atoms with Crippen LogP contribution in [-0.2, 0) is 16.6 Å². The molecule has 0 radical (unpaired) electrons. The number of amidine groups is 1. The number of aromatic nitrogens is 1. The molecule has 0 spiro atoms. The van der Waals surface area contributed by atoms with Crippen molar-refractivity contribution >= 4 is 15.9 Å². The summed E-state index contributed by atoms with van der Waals surface area (Å²) in [4.78, 5) is 8.57. The lowest BCUT2D eigenvalue weighted by Gasteiger charge is -2.44. The Morgan fingerprint density at radius 2 is 1.93 bits per heavy atom. The molecule has 30 heavy (non-hydrogen) atoms. The fourth-order valence-electron chi connectivity index (χ4n) is 3.68. The normalized spacial score (nSPS) is 23.6. The van der Waals surface area contributed by atoms with Crippen molar-refractivity contribution < 1.29 is 26.7 Å². The van der Waals surface area contributed by atoms with Gasteiger partial charge in [-0.25, -0.2) is 18.1 Å². The van der Waals surface area contributed by atoms with Crippen molar-refractivity contribution in [3.63, 3.8) is 0 Å². The van der Waals surface area contributed by atoms with Crippen molar-refractivity contribution in [3.05, 3.63) is 47.2 Å². The SMILES string of the molecule is Cc1cc(S(=O)(=O)NC2CC(O)(C(F)(F)F)C2)ccc1-c1ccc2c(n1)C(N)=NC2. The summed E-state index contributed by atoms with van der Waals surface area (Å²) in [5.74, 6) is 0.354. The van der Waals surface area contributed by atoms with E-state index >= 15 is 0 Å². The Hall–Kier alpha value is -2.50. The largest absolute Gasteiger partial charge is 0.417 e. The second-order valence-corrected chi connectivity index (χ2v) is 9.35. The highest BCUT2D eigenvalue weighted by Gasteiger charge is 2.61. The van der Waals surface area contributed by atoms with E-state index in [9.17, 15) is 26.7 Å². The Balaban J connectivity index is 1.54. The molecule has 7 nitrogen and oxygen atoms in total. The topological polar surface area (TPSA) is 118 Å². The average Bonchev–Trinajstić information content (AvgIpc) is 2.99. The lowest BCUT2D eigenvalue weighted by molar-refractivity contribution is -0.290. The molecule has 0 saturated heterocycles. The van der Waals surface area contributed by atoms with E-state index in [1.165, 1.54) is 12.1 Å². The van der Waals surface area contributed by atoms with E-state index in [2.05, 4.69) is 14.7 Å². The average molecular weight is 440 g/mol. The number of benzene rings is 1. The monoisotopic (exact) mass is 440 g/mol.